The van der Waals surface area contributed by atoms with Crippen molar-refractivity contribution in [1.29, 1.82) is 0 Å². The molecule has 0 bridgehead atoms. The van der Waals surface area contributed by atoms with E-state index in [-0.39, 0.29) is 15.1 Å². The van der Waals surface area contributed by atoms with Crippen LogP contribution in [0.3, 0.4) is 0 Å². The van der Waals surface area contributed by atoms with Crippen molar-refractivity contribution in [1.82, 2.24) is 0 Å². The minimum absolute atomic E-state index is 0.117. The molecule has 0 spiro atoms. The first kappa shape index (κ1) is 23.6. The standard InChI is InChI=1S/C32H20Cl3FN2/c33-27-30(36)28(34)32(38-25-15-7-3-11-21(25)18-22-12-4-8-16-26(22)38)29(35)31(27)37-23-13-5-1-9-19(23)17-20-10-2-6-14-24(20)37/h1-16H,17-18H2. The zero-order chi connectivity index (χ0) is 26.0. The van der Waals surface area contributed by atoms with Crippen molar-refractivity contribution in [3.8, 4) is 0 Å². The van der Waals surface area contributed by atoms with Crippen LogP contribution in [0.5, 0.6) is 0 Å². The summed E-state index contributed by atoms with van der Waals surface area (Å²) in [6.07, 6.45) is 1.52. The average molecular weight is 558 g/mol. The molecule has 2 aliphatic heterocycles. The van der Waals surface area contributed by atoms with Gasteiger partial charge in [-0.3, -0.25) is 0 Å². The number of hydrogen-bond acceptors (Lipinski definition) is 2. The number of nitrogens with zero attached hydrogens (tertiary/aromatic N) is 2. The molecule has 38 heavy (non-hydrogen) atoms. The Morgan fingerprint density at radius 3 is 1.05 bits per heavy atom. The molecular weight excluding hydrogens is 538 g/mol. The molecule has 0 N–H and O–H groups in total. The molecule has 6 heteroatoms. The van der Waals surface area contributed by atoms with E-state index in [9.17, 15) is 0 Å². The summed E-state index contributed by atoms with van der Waals surface area (Å²) in [5.74, 6) is -0.705. The topological polar surface area (TPSA) is 6.48 Å². The van der Waals surface area contributed by atoms with Crippen LogP contribution in [0, 0.1) is 5.82 Å². The van der Waals surface area contributed by atoms with Crippen LogP contribution in [0.1, 0.15) is 22.3 Å². The fourth-order valence-corrected chi connectivity index (χ4v) is 6.72. The van der Waals surface area contributed by atoms with Gasteiger partial charge < -0.3 is 9.80 Å². The summed E-state index contributed by atoms with van der Waals surface area (Å²) in [7, 11) is 0. The summed E-state index contributed by atoms with van der Waals surface area (Å²) >= 11 is 20.9. The molecule has 2 nitrogen and oxygen atoms in total. The van der Waals surface area contributed by atoms with E-state index in [1.165, 1.54) is 0 Å². The van der Waals surface area contributed by atoms with E-state index in [0.717, 1.165) is 57.8 Å². The maximum absolute atomic E-state index is 16.1. The molecule has 0 saturated carbocycles. The molecule has 0 aliphatic carbocycles. The zero-order valence-electron chi connectivity index (χ0n) is 20.1. The van der Waals surface area contributed by atoms with Crippen molar-refractivity contribution in [3.63, 3.8) is 0 Å². The van der Waals surface area contributed by atoms with E-state index in [4.69, 9.17) is 34.8 Å². The smallest absolute Gasteiger partial charge is 0.164 e. The molecule has 5 aromatic rings. The lowest BCUT2D eigenvalue weighted by atomic mass is 9.94. The summed E-state index contributed by atoms with van der Waals surface area (Å²) in [5.41, 5.74) is 8.75. The van der Waals surface area contributed by atoms with Crippen molar-refractivity contribution in [3.05, 3.63) is 140 Å². The van der Waals surface area contributed by atoms with Crippen molar-refractivity contribution < 1.29 is 4.39 Å². The Kier molecular flexibility index (Phi) is 5.63. The van der Waals surface area contributed by atoms with Crippen LogP contribution in [0.4, 0.5) is 38.5 Å². The summed E-state index contributed by atoms with van der Waals surface area (Å²) in [5, 5.41) is 0.0436. The highest BCUT2D eigenvalue weighted by molar-refractivity contribution is 6.46. The number of fused-ring (bicyclic) bond motifs is 4. The number of anilines is 6. The van der Waals surface area contributed by atoms with Gasteiger partial charge in [0.2, 0.25) is 0 Å². The molecule has 0 unspecified atom stereocenters. The fourth-order valence-electron chi connectivity index (χ4n) is 5.67. The number of hydrogen-bond donors (Lipinski definition) is 0. The third kappa shape index (κ3) is 3.46. The van der Waals surface area contributed by atoms with Gasteiger partial charge in [0, 0.05) is 35.6 Å². The molecule has 0 aromatic heterocycles. The second-order valence-corrected chi connectivity index (χ2v) is 10.6. The second kappa shape index (κ2) is 9.06. The number of para-hydroxylation sites is 4. The van der Waals surface area contributed by atoms with Crippen molar-refractivity contribution >= 4 is 68.9 Å². The van der Waals surface area contributed by atoms with Gasteiger partial charge in [-0.05, 0) is 46.5 Å². The van der Waals surface area contributed by atoms with E-state index in [2.05, 4.69) is 24.3 Å². The second-order valence-electron chi connectivity index (χ2n) is 9.49. The van der Waals surface area contributed by atoms with Crippen LogP contribution < -0.4 is 9.80 Å². The third-order valence-corrected chi connectivity index (χ3v) is 8.40. The molecule has 2 aliphatic rings. The first-order valence-electron chi connectivity index (χ1n) is 12.3. The van der Waals surface area contributed by atoms with Crippen molar-refractivity contribution in [2.75, 3.05) is 9.80 Å². The zero-order valence-corrected chi connectivity index (χ0v) is 22.3. The Morgan fingerprint density at radius 1 is 0.447 bits per heavy atom. The number of benzene rings is 5. The summed E-state index contributed by atoms with van der Waals surface area (Å²) in [4.78, 5) is 3.92. The molecule has 7 rings (SSSR count). The lowest BCUT2D eigenvalue weighted by Crippen LogP contribution is -2.22. The van der Waals surface area contributed by atoms with Crippen molar-refractivity contribution in [2.24, 2.45) is 0 Å². The van der Waals surface area contributed by atoms with E-state index in [1.54, 1.807) is 0 Å². The lowest BCUT2D eigenvalue weighted by molar-refractivity contribution is 0.629. The predicted molar refractivity (Wildman–Crippen MR) is 156 cm³/mol. The highest BCUT2D eigenvalue weighted by Crippen LogP contribution is 2.57. The summed E-state index contributed by atoms with van der Waals surface area (Å²) in [6.45, 7) is 0. The number of rotatable bonds is 2. The van der Waals surface area contributed by atoms with Gasteiger partial charge in [-0.2, -0.15) is 0 Å². The van der Waals surface area contributed by atoms with Crippen molar-refractivity contribution in [2.45, 2.75) is 12.8 Å². The molecule has 0 atom stereocenters. The lowest BCUT2D eigenvalue weighted by Gasteiger charge is -2.38. The van der Waals surface area contributed by atoms with E-state index in [0.29, 0.717) is 11.4 Å². The van der Waals surface area contributed by atoms with Gasteiger partial charge in [0.1, 0.15) is 10.0 Å². The Bertz CT molecular complexity index is 1530. The highest BCUT2D eigenvalue weighted by atomic mass is 35.5. The molecular formula is C32H20Cl3FN2. The van der Waals surface area contributed by atoms with Crippen LogP contribution in [0.25, 0.3) is 0 Å². The monoisotopic (exact) mass is 556 g/mol. The average Bonchev–Trinajstić information content (AvgIpc) is 2.95. The minimum atomic E-state index is -0.705. The van der Waals surface area contributed by atoms with Crippen LogP contribution in [0.2, 0.25) is 15.1 Å². The van der Waals surface area contributed by atoms with E-state index >= 15 is 4.39 Å². The summed E-state index contributed by atoms with van der Waals surface area (Å²) < 4.78 is 16.1. The largest absolute Gasteiger partial charge is 0.307 e. The molecule has 0 fully saturated rings. The Labute approximate surface area is 235 Å². The van der Waals surface area contributed by atoms with Crippen LogP contribution in [-0.4, -0.2) is 0 Å². The molecule has 186 valence electrons. The fraction of sp³-hybridized carbons (Fsp3) is 0.0625. The highest BCUT2D eigenvalue weighted by Gasteiger charge is 2.35. The van der Waals surface area contributed by atoms with Gasteiger partial charge in [0.15, 0.2) is 5.82 Å². The summed E-state index contributed by atoms with van der Waals surface area (Å²) in [6, 6.07) is 32.2. The van der Waals surface area contributed by atoms with Gasteiger partial charge in [-0.15, -0.1) is 0 Å². The van der Waals surface area contributed by atoms with Gasteiger partial charge in [-0.25, -0.2) is 4.39 Å². The van der Waals surface area contributed by atoms with Gasteiger partial charge in [0.25, 0.3) is 0 Å². The van der Waals surface area contributed by atoms with E-state index in [1.807, 2.05) is 82.6 Å². The van der Waals surface area contributed by atoms with Gasteiger partial charge in [-0.1, -0.05) is 108 Å². The maximum atomic E-state index is 16.1. The van der Waals surface area contributed by atoms with Gasteiger partial charge >= 0.3 is 0 Å². The predicted octanol–water partition coefficient (Wildman–Crippen LogP) is 10.5. The van der Waals surface area contributed by atoms with Gasteiger partial charge in [0.05, 0.1) is 16.4 Å². The minimum Gasteiger partial charge on any atom is -0.307 e. The van der Waals surface area contributed by atoms with E-state index < -0.39 is 5.82 Å². The molecule has 2 heterocycles. The first-order valence-corrected chi connectivity index (χ1v) is 13.5. The van der Waals surface area contributed by atoms with Crippen LogP contribution in [0.15, 0.2) is 97.1 Å². The third-order valence-electron chi connectivity index (χ3n) is 7.36. The molecule has 0 saturated heterocycles. The molecule has 5 aromatic carbocycles. The quantitative estimate of drug-likeness (QED) is 0.154. The Balaban J connectivity index is 1.55. The molecule has 0 radical (unpaired) electrons. The van der Waals surface area contributed by atoms with Crippen LogP contribution in [-0.2, 0) is 12.8 Å². The normalized spacial score (nSPS) is 13.5. The maximum Gasteiger partial charge on any atom is 0.164 e. The first-order chi connectivity index (χ1) is 18.5. The van der Waals surface area contributed by atoms with Crippen LogP contribution >= 0.6 is 34.8 Å². The Hall–Kier alpha value is -3.50. The Morgan fingerprint density at radius 2 is 0.737 bits per heavy atom. The number of halogens is 4. The molecule has 0 amide bonds. The SMILES string of the molecule is Fc1c(Cl)c(N2c3ccccc3Cc3ccccc32)c(Cl)c(N2c3ccccc3Cc3ccccc32)c1Cl.